The molecule has 1 aliphatic rings. The quantitative estimate of drug-likeness (QED) is 0.439. The number of ether oxygens (including phenoxy) is 2. The van der Waals surface area contributed by atoms with E-state index in [9.17, 15) is 9.59 Å². The topological polar surface area (TPSA) is 62.5 Å². The van der Waals surface area contributed by atoms with E-state index in [0.29, 0.717) is 25.1 Å². The maximum atomic E-state index is 13.4. The lowest BCUT2D eigenvalue weighted by atomic mass is 9.94. The van der Waals surface area contributed by atoms with E-state index in [1.165, 1.54) is 4.57 Å². The maximum absolute atomic E-state index is 13.4. The van der Waals surface area contributed by atoms with Gasteiger partial charge >= 0.3 is 5.69 Å². The second-order valence-electron chi connectivity index (χ2n) is 8.52. The van der Waals surface area contributed by atoms with E-state index in [1.807, 2.05) is 72.8 Å². The molecule has 0 amide bonds. The Morgan fingerprint density at radius 3 is 2.45 bits per heavy atom. The molecule has 4 aromatic rings. The highest BCUT2D eigenvalue weighted by atomic mass is 16.5. The minimum Gasteiger partial charge on any atom is -0.497 e. The summed E-state index contributed by atoms with van der Waals surface area (Å²) >= 11 is 0. The van der Waals surface area contributed by atoms with Gasteiger partial charge in [-0.15, -0.1) is 0 Å². The van der Waals surface area contributed by atoms with E-state index in [4.69, 9.17) is 9.47 Å². The van der Waals surface area contributed by atoms with Gasteiger partial charge in [0.1, 0.15) is 5.75 Å². The summed E-state index contributed by atoms with van der Waals surface area (Å²) in [6.07, 6.45) is 0.785. The number of hydrogen-bond acceptors (Lipinski definition) is 4. The number of nitrogens with zero attached hydrogens (tertiary/aromatic N) is 2. The van der Waals surface area contributed by atoms with E-state index in [-0.39, 0.29) is 23.7 Å². The summed E-state index contributed by atoms with van der Waals surface area (Å²) in [6, 6.07) is 23.2. The van der Waals surface area contributed by atoms with E-state index in [1.54, 1.807) is 11.7 Å². The molecule has 33 heavy (non-hydrogen) atoms. The minimum absolute atomic E-state index is 0.163. The molecular formula is C27H26N2O4. The number of aromatic nitrogens is 2. The van der Waals surface area contributed by atoms with Gasteiger partial charge in [-0.2, -0.15) is 0 Å². The molecule has 168 valence electrons. The monoisotopic (exact) mass is 442 g/mol. The zero-order valence-corrected chi connectivity index (χ0v) is 18.6. The van der Waals surface area contributed by atoms with Crippen LogP contribution in [0, 0.1) is 5.92 Å². The number of hydrogen-bond donors (Lipinski definition) is 0. The predicted octanol–water partition coefficient (Wildman–Crippen LogP) is 3.61. The summed E-state index contributed by atoms with van der Waals surface area (Å²) in [4.78, 5) is 26.7. The van der Waals surface area contributed by atoms with Crippen LogP contribution < -0.4 is 16.0 Å². The first-order valence-corrected chi connectivity index (χ1v) is 11.1. The molecule has 0 spiro atoms. The molecule has 0 saturated heterocycles. The Hall–Kier alpha value is -3.64. The molecule has 0 N–H and O–H groups in total. The van der Waals surface area contributed by atoms with E-state index in [0.717, 1.165) is 34.4 Å². The van der Waals surface area contributed by atoms with Crippen LogP contribution in [0.1, 0.15) is 16.7 Å². The highest BCUT2D eigenvalue weighted by molar-refractivity contribution is 5.82. The van der Waals surface area contributed by atoms with E-state index < -0.39 is 0 Å². The molecule has 0 radical (unpaired) electrons. The fraction of sp³-hybridized carbons (Fsp3) is 0.259. The maximum Gasteiger partial charge on any atom is 0.331 e. The second-order valence-corrected chi connectivity index (χ2v) is 8.52. The Morgan fingerprint density at radius 1 is 0.909 bits per heavy atom. The van der Waals surface area contributed by atoms with Gasteiger partial charge in [-0.05, 0) is 41.3 Å². The first-order valence-electron chi connectivity index (χ1n) is 11.1. The molecule has 1 aliphatic heterocycles. The van der Waals surface area contributed by atoms with Gasteiger partial charge in [-0.3, -0.25) is 13.9 Å². The third kappa shape index (κ3) is 4.22. The Morgan fingerprint density at radius 2 is 1.70 bits per heavy atom. The highest BCUT2D eigenvalue weighted by Crippen LogP contribution is 2.25. The van der Waals surface area contributed by atoms with Gasteiger partial charge in [0, 0.05) is 12.5 Å². The molecule has 5 rings (SSSR count). The van der Waals surface area contributed by atoms with Gasteiger partial charge in [0.05, 0.1) is 37.8 Å². The molecule has 0 aliphatic carbocycles. The number of methoxy groups -OCH3 is 1. The van der Waals surface area contributed by atoms with Gasteiger partial charge in [0.25, 0.3) is 5.56 Å². The van der Waals surface area contributed by atoms with Gasteiger partial charge < -0.3 is 9.47 Å². The standard InChI is InChI=1S/C27H26N2O4/c1-32-23-12-10-19(11-13-23)15-29-26(30)24-9-5-8-22-14-21(16-28(25(22)24)27(29)31)18-33-17-20-6-3-2-4-7-20/h2-13,21H,14-18H2,1H3. The summed E-state index contributed by atoms with van der Waals surface area (Å²) in [5.74, 6) is 0.899. The average molecular weight is 443 g/mol. The Bertz CT molecular complexity index is 1390. The predicted molar refractivity (Wildman–Crippen MR) is 128 cm³/mol. The molecule has 6 heteroatoms. The van der Waals surface area contributed by atoms with Crippen molar-refractivity contribution >= 4 is 10.9 Å². The third-order valence-corrected chi connectivity index (χ3v) is 6.24. The van der Waals surface area contributed by atoms with Crippen LogP contribution >= 0.6 is 0 Å². The third-order valence-electron chi connectivity index (χ3n) is 6.24. The number of benzene rings is 3. The number of rotatable bonds is 7. The highest BCUT2D eigenvalue weighted by Gasteiger charge is 2.25. The molecule has 0 saturated carbocycles. The molecule has 3 aromatic carbocycles. The lowest BCUT2D eigenvalue weighted by Crippen LogP contribution is -2.43. The fourth-order valence-electron chi connectivity index (χ4n) is 4.61. The Balaban J connectivity index is 1.44. The van der Waals surface area contributed by atoms with Crippen molar-refractivity contribution in [2.24, 2.45) is 5.92 Å². The zero-order chi connectivity index (χ0) is 22.8. The molecule has 0 bridgehead atoms. The summed E-state index contributed by atoms with van der Waals surface area (Å²) in [7, 11) is 1.61. The van der Waals surface area contributed by atoms with Crippen LogP contribution in [0.25, 0.3) is 10.9 Å². The van der Waals surface area contributed by atoms with Crippen molar-refractivity contribution in [1.82, 2.24) is 9.13 Å². The van der Waals surface area contributed by atoms with Gasteiger partial charge in [0.15, 0.2) is 0 Å². The van der Waals surface area contributed by atoms with Crippen molar-refractivity contribution in [3.05, 3.63) is 110 Å². The van der Waals surface area contributed by atoms with Crippen molar-refractivity contribution < 1.29 is 9.47 Å². The molecule has 1 unspecified atom stereocenters. The molecule has 2 heterocycles. The SMILES string of the molecule is COc1ccc(Cn2c(=O)c3cccc4c3n(c2=O)CC(COCc2ccccc2)C4)cc1. The molecule has 6 nitrogen and oxygen atoms in total. The van der Waals surface area contributed by atoms with Crippen LogP contribution in [0.4, 0.5) is 0 Å². The summed E-state index contributed by atoms with van der Waals surface area (Å²) < 4.78 is 14.3. The van der Waals surface area contributed by atoms with Crippen molar-refractivity contribution in [2.75, 3.05) is 13.7 Å². The van der Waals surface area contributed by atoms with E-state index in [2.05, 4.69) is 0 Å². The summed E-state index contributed by atoms with van der Waals surface area (Å²) in [5, 5.41) is 0.587. The van der Waals surface area contributed by atoms with Gasteiger partial charge in [-0.1, -0.05) is 54.6 Å². The van der Waals surface area contributed by atoms with Crippen LogP contribution in [0.15, 0.2) is 82.4 Å². The molecule has 1 atom stereocenters. The zero-order valence-electron chi connectivity index (χ0n) is 18.6. The van der Waals surface area contributed by atoms with Crippen molar-refractivity contribution in [3.8, 4) is 5.75 Å². The normalized spacial score (nSPS) is 15.0. The Labute approximate surface area is 191 Å². The summed E-state index contributed by atoms with van der Waals surface area (Å²) in [6.45, 7) is 1.84. The number of para-hydroxylation sites is 1. The molecular weight excluding hydrogens is 416 g/mol. The van der Waals surface area contributed by atoms with Crippen LogP contribution in [-0.4, -0.2) is 22.9 Å². The lowest BCUT2D eigenvalue weighted by molar-refractivity contribution is 0.0795. The van der Waals surface area contributed by atoms with Gasteiger partial charge in [-0.25, -0.2) is 4.79 Å². The van der Waals surface area contributed by atoms with Gasteiger partial charge in [0.2, 0.25) is 0 Å². The summed E-state index contributed by atoms with van der Waals surface area (Å²) in [5.41, 5.74) is 3.26. The first kappa shape index (κ1) is 21.2. The van der Waals surface area contributed by atoms with E-state index >= 15 is 0 Å². The average Bonchev–Trinajstić information content (AvgIpc) is 2.86. The largest absolute Gasteiger partial charge is 0.497 e. The second kappa shape index (κ2) is 9.08. The minimum atomic E-state index is -0.275. The van der Waals surface area contributed by atoms with Crippen LogP contribution in [0.2, 0.25) is 0 Å². The van der Waals surface area contributed by atoms with Crippen molar-refractivity contribution in [2.45, 2.75) is 26.1 Å². The smallest absolute Gasteiger partial charge is 0.331 e. The van der Waals surface area contributed by atoms with Crippen LogP contribution in [0.3, 0.4) is 0 Å². The lowest BCUT2D eigenvalue weighted by Gasteiger charge is -2.27. The molecule has 1 aromatic heterocycles. The van der Waals surface area contributed by atoms with Crippen LogP contribution in [-0.2, 0) is 30.9 Å². The van der Waals surface area contributed by atoms with Crippen molar-refractivity contribution in [3.63, 3.8) is 0 Å². The molecule has 0 fully saturated rings. The fourth-order valence-corrected chi connectivity index (χ4v) is 4.61. The van der Waals surface area contributed by atoms with Crippen molar-refractivity contribution in [1.29, 1.82) is 0 Å². The van der Waals surface area contributed by atoms with Crippen LogP contribution in [0.5, 0.6) is 5.75 Å². The first-order chi connectivity index (χ1) is 16.1. The Kier molecular flexibility index (Phi) is 5.84.